The lowest BCUT2D eigenvalue weighted by atomic mass is 10.0. The number of hydrogen-bond acceptors (Lipinski definition) is 2. The quantitative estimate of drug-likeness (QED) is 0.700. The van der Waals surface area contributed by atoms with Gasteiger partial charge in [0.1, 0.15) is 23.2 Å². The van der Waals surface area contributed by atoms with E-state index in [1.807, 2.05) is 30.3 Å². The largest absolute Gasteiger partial charge is 0.417 e. The Labute approximate surface area is 141 Å². The third-order valence-corrected chi connectivity index (χ3v) is 3.92. The molecule has 3 aromatic rings. The molecule has 0 amide bonds. The van der Waals surface area contributed by atoms with Gasteiger partial charge in [0, 0.05) is 5.56 Å². The van der Waals surface area contributed by atoms with E-state index in [0.29, 0.717) is 18.4 Å². The van der Waals surface area contributed by atoms with Gasteiger partial charge >= 0.3 is 6.18 Å². The van der Waals surface area contributed by atoms with Crippen LogP contribution in [-0.4, -0.2) is 9.55 Å². The first-order valence-electron chi connectivity index (χ1n) is 7.51. The first-order chi connectivity index (χ1) is 11.8. The van der Waals surface area contributed by atoms with Crippen LogP contribution >= 0.6 is 0 Å². The van der Waals surface area contributed by atoms with Gasteiger partial charge in [0.2, 0.25) is 0 Å². The summed E-state index contributed by atoms with van der Waals surface area (Å²) < 4.78 is 54.7. The minimum absolute atomic E-state index is 0.000700. The van der Waals surface area contributed by atoms with E-state index in [1.54, 1.807) is 11.5 Å². The summed E-state index contributed by atoms with van der Waals surface area (Å²) in [6.07, 6.45) is -4.71. The van der Waals surface area contributed by atoms with Gasteiger partial charge in [-0.2, -0.15) is 13.2 Å². The molecule has 3 nitrogen and oxygen atoms in total. The molecule has 0 fully saturated rings. The normalized spacial score (nSPS) is 11.7. The lowest BCUT2D eigenvalue weighted by Gasteiger charge is -2.12. The molecular formula is C18H15F4N3. The maximum atomic E-state index is 13.3. The van der Waals surface area contributed by atoms with Crippen molar-refractivity contribution < 1.29 is 17.6 Å². The van der Waals surface area contributed by atoms with Gasteiger partial charge in [0.05, 0.1) is 12.1 Å². The van der Waals surface area contributed by atoms with E-state index >= 15 is 0 Å². The van der Waals surface area contributed by atoms with Crippen molar-refractivity contribution in [3.8, 4) is 11.3 Å². The number of nitrogens with two attached hydrogens (primary N) is 1. The lowest BCUT2D eigenvalue weighted by Crippen LogP contribution is -2.09. The van der Waals surface area contributed by atoms with Crippen LogP contribution in [0.2, 0.25) is 0 Å². The zero-order valence-electron chi connectivity index (χ0n) is 13.3. The van der Waals surface area contributed by atoms with Gasteiger partial charge in [-0.05, 0) is 30.7 Å². The van der Waals surface area contributed by atoms with E-state index in [9.17, 15) is 17.6 Å². The maximum absolute atomic E-state index is 13.3. The summed E-state index contributed by atoms with van der Waals surface area (Å²) in [5.41, 5.74) is 5.69. The summed E-state index contributed by atoms with van der Waals surface area (Å²) in [5.74, 6) is -0.373. The van der Waals surface area contributed by atoms with E-state index < -0.39 is 17.6 Å². The molecule has 3 rings (SSSR count). The fourth-order valence-corrected chi connectivity index (χ4v) is 2.70. The Kier molecular flexibility index (Phi) is 4.24. The Morgan fingerprint density at radius 2 is 1.76 bits per heavy atom. The standard InChI is InChI=1S/C18H15F4N3/c1-11-24-16(14-8-7-13(19)9-15(14)18(20,21)22)17(23)25(11)10-12-5-3-2-4-6-12/h2-9H,10,23H2,1H3. The summed E-state index contributed by atoms with van der Waals surface area (Å²) in [4.78, 5) is 4.20. The molecule has 7 heteroatoms. The van der Waals surface area contributed by atoms with Crippen LogP contribution in [0, 0.1) is 12.7 Å². The SMILES string of the molecule is Cc1nc(-c2ccc(F)cc2C(F)(F)F)c(N)n1Cc1ccccc1. The van der Waals surface area contributed by atoms with E-state index in [1.165, 1.54) is 0 Å². The van der Waals surface area contributed by atoms with E-state index in [-0.39, 0.29) is 17.1 Å². The third kappa shape index (κ3) is 3.35. The van der Waals surface area contributed by atoms with Gasteiger partial charge in [-0.25, -0.2) is 9.37 Å². The number of nitrogens with zero attached hydrogens (tertiary/aromatic N) is 2. The Bertz CT molecular complexity index is 899. The molecule has 0 bridgehead atoms. The summed E-state index contributed by atoms with van der Waals surface area (Å²) in [5, 5.41) is 0. The summed E-state index contributed by atoms with van der Waals surface area (Å²) >= 11 is 0. The molecule has 0 atom stereocenters. The monoisotopic (exact) mass is 349 g/mol. The van der Waals surface area contributed by atoms with Crippen LogP contribution in [0.15, 0.2) is 48.5 Å². The molecule has 1 heterocycles. The fraction of sp³-hybridized carbons (Fsp3) is 0.167. The van der Waals surface area contributed by atoms with Crippen molar-refractivity contribution in [3.63, 3.8) is 0 Å². The number of rotatable bonds is 3. The second-order valence-corrected chi connectivity index (χ2v) is 5.65. The van der Waals surface area contributed by atoms with Gasteiger partial charge in [-0.15, -0.1) is 0 Å². The van der Waals surface area contributed by atoms with E-state index in [2.05, 4.69) is 4.98 Å². The molecule has 0 aliphatic rings. The molecule has 0 unspecified atom stereocenters. The molecule has 0 saturated heterocycles. The van der Waals surface area contributed by atoms with Crippen LogP contribution in [0.5, 0.6) is 0 Å². The Morgan fingerprint density at radius 1 is 1.08 bits per heavy atom. The van der Waals surface area contributed by atoms with Gasteiger partial charge in [-0.3, -0.25) is 0 Å². The predicted octanol–water partition coefficient (Wildman–Crippen LogP) is 4.65. The molecule has 0 spiro atoms. The topological polar surface area (TPSA) is 43.8 Å². The average molecular weight is 349 g/mol. The van der Waals surface area contributed by atoms with Gasteiger partial charge in [-0.1, -0.05) is 30.3 Å². The van der Waals surface area contributed by atoms with Crippen LogP contribution in [-0.2, 0) is 12.7 Å². The first-order valence-corrected chi connectivity index (χ1v) is 7.51. The zero-order chi connectivity index (χ0) is 18.2. The van der Waals surface area contributed by atoms with Gasteiger partial charge < -0.3 is 10.3 Å². The number of imidazole rings is 1. The van der Waals surface area contributed by atoms with Gasteiger partial charge in [0.25, 0.3) is 0 Å². The van der Waals surface area contributed by atoms with Crippen LogP contribution < -0.4 is 5.73 Å². The van der Waals surface area contributed by atoms with Gasteiger partial charge in [0.15, 0.2) is 0 Å². The number of halogens is 4. The lowest BCUT2D eigenvalue weighted by molar-refractivity contribution is -0.137. The number of benzene rings is 2. The number of nitrogen functional groups attached to an aromatic ring is 1. The highest BCUT2D eigenvalue weighted by Gasteiger charge is 2.35. The van der Waals surface area contributed by atoms with Crippen molar-refractivity contribution in [2.24, 2.45) is 0 Å². The van der Waals surface area contributed by atoms with Crippen molar-refractivity contribution in [1.29, 1.82) is 0 Å². The van der Waals surface area contributed by atoms with E-state index in [0.717, 1.165) is 17.7 Å². The van der Waals surface area contributed by atoms with Crippen LogP contribution in [0.4, 0.5) is 23.4 Å². The summed E-state index contributed by atoms with van der Waals surface area (Å²) in [6.45, 7) is 2.05. The second kappa shape index (κ2) is 6.23. The molecule has 0 radical (unpaired) electrons. The molecule has 130 valence electrons. The first kappa shape index (κ1) is 17.0. The Balaban J connectivity index is 2.10. The second-order valence-electron chi connectivity index (χ2n) is 5.65. The number of alkyl halides is 3. The van der Waals surface area contributed by atoms with Crippen LogP contribution in [0.3, 0.4) is 0 Å². The third-order valence-electron chi connectivity index (χ3n) is 3.92. The van der Waals surface area contributed by atoms with Crippen LogP contribution in [0.1, 0.15) is 17.0 Å². The van der Waals surface area contributed by atoms with Crippen molar-refractivity contribution in [2.75, 3.05) is 5.73 Å². The van der Waals surface area contributed by atoms with Crippen LogP contribution in [0.25, 0.3) is 11.3 Å². The Morgan fingerprint density at radius 3 is 2.40 bits per heavy atom. The summed E-state index contributed by atoms with van der Waals surface area (Å²) in [7, 11) is 0. The molecule has 0 aliphatic heterocycles. The highest BCUT2D eigenvalue weighted by Crippen LogP contribution is 2.39. The molecular weight excluding hydrogens is 334 g/mol. The minimum atomic E-state index is -4.71. The Hall–Kier alpha value is -2.83. The fourth-order valence-electron chi connectivity index (χ4n) is 2.70. The molecule has 1 aromatic heterocycles. The maximum Gasteiger partial charge on any atom is 0.417 e. The minimum Gasteiger partial charge on any atom is -0.383 e. The molecule has 2 N–H and O–H groups in total. The number of aromatic nitrogens is 2. The van der Waals surface area contributed by atoms with Crippen molar-refractivity contribution in [1.82, 2.24) is 9.55 Å². The molecule has 2 aromatic carbocycles. The average Bonchev–Trinajstić information content (AvgIpc) is 2.83. The van der Waals surface area contributed by atoms with Crippen molar-refractivity contribution >= 4 is 5.82 Å². The molecule has 25 heavy (non-hydrogen) atoms. The number of anilines is 1. The summed E-state index contributed by atoms with van der Waals surface area (Å²) in [6, 6.07) is 11.8. The van der Waals surface area contributed by atoms with Crippen molar-refractivity contribution in [2.45, 2.75) is 19.6 Å². The highest BCUT2D eigenvalue weighted by molar-refractivity contribution is 5.74. The van der Waals surface area contributed by atoms with E-state index in [4.69, 9.17) is 5.73 Å². The number of aryl methyl sites for hydroxylation is 1. The molecule has 0 saturated carbocycles. The predicted molar refractivity (Wildman–Crippen MR) is 87.3 cm³/mol. The smallest absolute Gasteiger partial charge is 0.383 e. The number of hydrogen-bond donors (Lipinski definition) is 1. The zero-order valence-corrected chi connectivity index (χ0v) is 13.3. The molecule has 0 aliphatic carbocycles. The van der Waals surface area contributed by atoms with Crippen molar-refractivity contribution in [3.05, 3.63) is 71.3 Å². The highest BCUT2D eigenvalue weighted by atomic mass is 19.4.